The second-order valence-corrected chi connectivity index (χ2v) is 3.06. The number of hydrogen-bond donors (Lipinski definition) is 1. The summed E-state index contributed by atoms with van der Waals surface area (Å²) in [5.74, 6) is -0.545. The summed E-state index contributed by atoms with van der Waals surface area (Å²) < 4.78 is 4.64. The molecule has 0 fully saturated rings. The Morgan fingerprint density at radius 3 is 2.75 bits per heavy atom. The summed E-state index contributed by atoms with van der Waals surface area (Å²) >= 11 is 0. The van der Waals surface area contributed by atoms with E-state index in [2.05, 4.69) is 21.5 Å². The van der Waals surface area contributed by atoms with Gasteiger partial charge in [-0.3, -0.25) is 9.63 Å². The molecule has 0 aromatic rings. The summed E-state index contributed by atoms with van der Waals surface area (Å²) in [6.45, 7) is 4.86. The highest BCUT2D eigenvalue weighted by molar-refractivity contribution is 5.69. The fourth-order valence-corrected chi connectivity index (χ4v) is 1.04. The third kappa shape index (κ3) is 6.77. The van der Waals surface area contributed by atoms with Crippen LogP contribution in [0.5, 0.6) is 0 Å². The van der Waals surface area contributed by atoms with Crippen LogP contribution in [0.4, 0.5) is 0 Å². The van der Waals surface area contributed by atoms with Gasteiger partial charge in [0, 0.05) is 12.5 Å². The van der Waals surface area contributed by atoms with E-state index in [1.807, 2.05) is 0 Å². The maximum absolute atomic E-state index is 11.2. The van der Waals surface area contributed by atoms with Gasteiger partial charge in [0.1, 0.15) is 0 Å². The Hall–Kier alpha value is -1.63. The Kier molecular flexibility index (Phi) is 6.86. The second-order valence-electron chi connectivity index (χ2n) is 3.06. The summed E-state index contributed by atoms with van der Waals surface area (Å²) in [6.07, 6.45) is 1.15. The third-order valence-electron chi connectivity index (χ3n) is 1.85. The lowest BCUT2D eigenvalue weighted by molar-refractivity contribution is -0.777. The summed E-state index contributed by atoms with van der Waals surface area (Å²) in [6, 6.07) is 0.0132. The Morgan fingerprint density at radius 1 is 1.69 bits per heavy atom. The van der Waals surface area contributed by atoms with Gasteiger partial charge in [-0.1, -0.05) is 6.08 Å². The molecule has 0 saturated carbocycles. The van der Waals surface area contributed by atoms with E-state index in [1.54, 1.807) is 13.1 Å². The molecule has 0 aromatic carbocycles. The van der Waals surface area contributed by atoms with Crippen LogP contribution in [0.3, 0.4) is 0 Å². The van der Waals surface area contributed by atoms with Gasteiger partial charge in [-0.25, -0.2) is 0 Å². The monoisotopic (exact) mass is 232 g/mol. The third-order valence-corrected chi connectivity index (χ3v) is 1.85. The molecule has 0 aromatic heterocycles. The van der Waals surface area contributed by atoms with E-state index in [9.17, 15) is 14.9 Å². The maximum atomic E-state index is 11.2. The minimum Gasteiger partial charge on any atom is -0.435 e. The Bertz CT molecular complexity index is 256. The van der Waals surface area contributed by atoms with Gasteiger partial charge in [-0.2, -0.15) is 0 Å². The first kappa shape index (κ1) is 14.4. The van der Waals surface area contributed by atoms with Crippen LogP contribution in [-0.4, -0.2) is 30.4 Å². The van der Waals surface area contributed by atoms with Gasteiger partial charge in [-0.15, -0.1) is 16.7 Å². The molecule has 7 nitrogen and oxygen atoms in total. The molecule has 0 aliphatic carbocycles. The number of nitrogens with one attached hydrogen (secondary N) is 1. The molecule has 0 amide bonds. The summed E-state index contributed by atoms with van der Waals surface area (Å²) in [5, 5.41) is 11.8. The molecule has 7 heteroatoms. The average molecular weight is 232 g/mol. The molecular weight excluding hydrogens is 216 g/mol. The van der Waals surface area contributed by atoms with Crippen molar-refractivity contribution >= 4 is 5.97 Å². The molecule has 0 spiro atoms. The number of carbonyl (C=O) groups is 1. The highest BCUT2D eigenvalue weighted by Gasteiger charge is 2.13. The van der Waals surface area contributed by atoms with E-state index in [-0.39, 0.29) is 12.5 Å². The highest BCUT2D eigenvalue weighted by atomic mass is 17.0. The van der Waals surface area contributed by atoms with Gasteiger partial charge < -0.3 is 10.1 Å². The van der Waals surface area contributed by atoms with Gasteiger partial charge >= 0.3 is 5.97 Å². The number of hydrogen-bond acceptors (Lipinski definition) is 6. The lowest BCUT2D eigenvalue weighted by Gasteiger charge is -2.13. The number of carbonyl (C=O) groups excluding carboxylic acids is 1. The Balaban J connectivity index is 3.81. The Morgan fingerprint density at radius 2 is 2.31 bits per heavy atom. The normalized spacial score (nSPS) is 13.6. The number of nitrogens with zero attached hydrogens (tertiary/aromatic N) is 1. The van der Waals surface area contributed by atoms with Gasteiger partial charge in [0.05, 0.1) is 0 Å². The molecule has 0 saturated heterocycles. The van der Waals surface area contributed by atoms with E-state index in [1.165, 1.54) is 6.92 Å². The van der Waals surface area contributed by atoms with Crippen molar-refractivity contribution in [1.29, 1.82) is 0 Å². The molecule has 2 atom stereocenters. The quantitative estimate of drug-likeness (QED) is 0.217. The van der Waals surface area contributed by atoms with Crippen LogP contribution in [0.1, 0.15) is 19.8 Å². The first-order chi connectivity index (χ1) is 7.49. The fraction of sp³-hybridized carbons (Fsp3) is 0.667. The molecule has 0 radical (unpaired) electrons. The van der Waals surface area contributed by atoms with Gasteiger partial charge in [0.25, 0.3) is 5.09 Å². The molecule has 0 aliphatic heterocycles. The molecule has 0 aliphatic rings. The van der Waals surface area contributed by atoms with Crippen molar-refractivity contribution in [2.75, 3.05) is 7.05 Å². The molecule has 2 unspecified atom stereocenters. The second kappa shape index (κ2) is 7.63. The van der Waals surface area contributed by atoms with E-state index in [0.717, 1.165) is 0 Å². The zero-order valence-corrected chi connectivity index (χ0v) is 9.34. The molecule has 1 N–H and O–H groups in total. The maximum Gasteiger partial charge on any atom is 0.307 e. The SMILES string of the molecule is C=CC(CCC(=O)OC(C)O[N+](=O)[O-])NC. The first-order valence-electron chi connectivity index (χ1n) is 4.80. The van der Waals surface area contributed by atoms with Gasteiger partial charge in [0.2, 0.25) is 6.29 Å². The van der Waals surface area contributed by atoms with Crippen LogP contribution < -0.4 is 5.32 Å². The van der Waals surface area contributed by atoms with Crippen molar-refractivity contribution < 1.29 is 19.5 Å². The van der Waals surface area contributed by atoms with Crippen LogP contribution in [0, 0.1) is 10.1 Å². The average Bonchev–Trinajstić information content (AvgIpc) is 2.17. The predicted molar refractivity (Wildman–Crippen MR) is 55.9 cm³/mol. The smallest absolute Gasteiger partial charge is 0.307 e. The fourth-order valence-electron chi connectivity index (χ4n) is 1.04. The molecule has 92 valence electrons. The van der Waals surface area contributed by atoms with E-state index in [4.69, 9.17) is 0 Å². The lowest BCUT2D eigenvalue weighted by Crippen LogP contribution is -2.25. The molecule has 0 bridgehead atoms. The number of esters is 1. The molecule has 0 heterocycles. The van der Waals surface area contributed by atoms with Gasteiger partial charge in [-0.05, 0) is 20.4 Å². The largest absolute Gasteiger partial charge is 0.435 e. The standard InChI is InChI=1S/C9H16N2O5/c1-4-8(10-3)5-6-9(12)15-7(2)16-11(13)14/h4,7-8,10H,1,5-6H2,2-3H3. The summed E-state index contributed by atoms with van der Waals surface area (Å²) in [7, 11) is 1.75. The van der Waals surface area contributed by atoms with Crippen LogP contribution in [-0.2, 0) is 14.4 Å². The van der Waals surface area contributed by atoms with Crippen LogP contribution in [0.15, 0.2) is 12.7 Å². The van der Waals surface area contributed by atoms with Crippen molar-refractivity contribution in [3.05, 3.63) is 22.8 Å². The van der Waals surface area contributed by atoms with Crippen molar-refractivity contribution in [2.45, 2.75) is 32.1 Å². The molecule has 0 rings (SSSR count). The topological polar surface area (TPSA) is 90.7 Å². The summed E-state index contributed by atoms with van der Waals surface area (Å²) in [4.78, 5) is 25.1. The zero-order chi connectivity index (χ0) is 12.6. The summed E-state index contributed by atoms with van der Waals surface area (Å²) in [5.41, 5.74) is 0. The van der Waals surface area contributed by atoms with Crippen LogP contribution in [0.25, 0.3) is 0 Å². The van der Waals surface area contributed by atoms with E-state index >= 15 is 0 Å². The minimum absolute atomic E-state index is 0.0132. The number of rotatable bonds is 8. The first-order valence-corrected chi connectivity index (χ1v) is 4.80. The van der Waals surface area contributed by atoms with Gasteiger partial charge in [0.15, 0.2) is 0 Å². The van der Waals surface area contributed by atoms with Crippen molar-refractivity contribution in [2.24, 2.45) is 0 Å². The lowest BCUT2D eigenvalue weighted by atomic mass is 10.1. The minimum atomic E-state index is -1.18. The zero-order valence-electron chi connectivity index (χ0n) is 9.34. The Labute approximate surface area is 93.5 Å². The predicted octanol–water partition coefficient (Wildman–Crippen LogP) is 0.638. The number of likely N-dealkylation sites (N-methyl/N-ethyl adjacent to an activating group) is 1. The van der Waals surface area contributed by atoms with E-state index in [0.29, 0.717) is 6.42 Å². The molecular formula is C9H16N2O5. The van der Waals surface area contributed by atoms with Crippen LogP contribution in [0.2, 0.25) is 0 Å². The van der Waals surface area contributed by atoms with Crippen LogP contribution >= 0.6 is 0 Å². The molecule has 16 heavy (non-hydrogen) atoms. The van der Waals surface area contributed by atoms with Crippen molar-refractivity contribution in [3.8, 4) is 0 Å². The highest BCUT2D eigenvalue weighted by Crippen LogP contribution is 2.02. The van der Waals surface area contributed by atoms with Crippen molar-refractivity contribution in [3.63, 3.8) is 0 Å². The van der Waals surface area contributed by atoms with E-state index < -0.39 is 17.3 Å². The van der Waals surface area contributed by atoms with Crippen molar-refractivity contribution in [1.82, 2.24) is 5.32 Å². The number of ether oxygens (including phenoxy) is 1.